The van der Waals surface area contributed by atoms with Gasteiger partial charge in [-0.2, -0.15) is 0 Å². The summed E-state index contributed by atoms with van der Waals surface area (Å²) in [6.07, 6.45) is 7.15. The van der Waals surface area contributed by atoms with Crippen molar-refractivity contribution in [2.75, 3.05) is 6.61 Å². The molecule has 2 fully saturated rings. The molecule has 112 valence electrons. The fraction of sp³-hybridized carbons (Fsp3) is 0.857. The number of hydrogen-bond donors (Lipinski definition) is 1. The highest BCUT2D eigenvalue weighted by Gasteiger charge is 2.43. The third kappa shape index (κ3) is 2.73. The minimum atomic E-state index is 0.197. The molecule has 0 radical (unpaired) electrons. The van der Waals surface area contributed by atoms with Crippen LogP contribution in [-0.2, 0) is 17.8 Å². The quantitative estimate of drug-likeness (QED) is 0.903. The molecule has 1 saturated carbocycles. The number of thioether (sulfide) groups is 1. The lowest BCUT2D eigenvalue weighted by Crippen LogP contribution is -2.46. The summed E-state index contributed by atoms with van der Waals surface area (Å²) >= 11 is 1.87. The zero-order valence-electron chi connectivity index (χ0n) is 12.2. The van der Waals surface area contributed by atoms with Gasteiger partial charge in [0.15, 0.2) is 5.16 Å². The molecule has 2 N–H and O–H groups in total. The minimum absolute atomic E-state index is 0.197. The Kier molecular flexibility index (Phi) is 4.33. The molecule has 1 aromatic rings. The molecule has 1 aromatic heterocycles. The summed E-state index contributed by atoms with van der Waals surface area (Å²) in [6, 6.07) is 0. The highest BCUT2D eigenvalue weighted by Crippen LogP contribution is 2.46. The first kappa shape index (κ1) is 14.4. The molecule has 2 aliphatic rings. The van der Waals surface area contributed by atoms with E-state index in [4.69, 9.17) is 10.5 Å². The summed E-state index contributed by atoms with van der Waals surface area (Å²) in [7, 11) is 0. The Balaban J connectivity index is 1.69. The van der Waals surface area contributed by atoms with E-state index >= 15 is 0 Å². The molecular formula is C14H24N4OS. The van der Waals surface area contributed by atoms with Gasteiger partial charge in [-0.05, 0) is 38.5 Å². The molecule has 0 amide bonds. The lowest BCUT2D eigenvalue weighted by atomic mass is 9.75. The van der Waals surface area contributed by atoms with Crippen LogP contribution in [0.15, 0.2) is 5.16 Å². The Hall–Kier alpha value is -0.590. The molecular weight excluding hydrogens is 272 g/mol. The molecule has 0 aromatic carbocycles. The van der Waals surface area contributed by atoms with Crippen LogP contribution in [0.2, 0.25) is 0 Å². The Morgan fingerprint density at radius 2 is 2.30 bits per heavy atom. The standard InChI is InChI=1S/C14H24N4OS/c1-2-7-18-12(10-15)16-17-13(18)20-11-4-8-19-14(9-11)5-3-6-14/h11H,2-10,15H2,1H3. The van der Waals surface area contributed by atoms with Crippen molar-refractivity contribution in [1.82, 2.24) is 14.8 Å². The number of hydrogen-bond acceptors (Lipinski definition) is 5. The molecule has 0 bridgehead atoms. The molecule has 3 rings (SSSR count). The van der Waals surface area contributed by atoms with Gasteiger partial charge in [-0.15, -0.1) is 10.2 Å². The van der Waals surface area contributed by atoms with Gasteiger partial charge in [0, 0.05) is 18.4 Å². The van der Waals surface area contributed by atoms with Crippen molar-refractivity contribution in [1.29, 1.82) is 0 Å². The van der Waals surface area contributed by atoms with Gasteiger partial charge in [0.25, 0.3) is 0 Å². The number of aromatic nitrogens is 3. The normalized spacial score (nSPS) is 24.8. The van der Waals surface area contributed by atoms with E-state index in [0.717, 1.165) is 43.4 Å². The van der Waals surface area contributed by atoms with Gasteiger partial charge in [0.1, 0.15) is 5.82 Å². The van der Waals surface area contributed by atoms with Gasteiger partial charge in [0.05, 0.1) is 12.1 Å². The largest absolute Gasteiger partial charge is 0.375 e. The molecule has 1 spiro atoms. The van der Waals surface area contributed by atoms with Crippen molar-refractivity contribution < 1.29 is 4.74 Å². The van der Waals surface area contributed by atoms with E-state index in [1.165, 1.54) is 19.3 Å². The monoisotopic (exact) mass is 296 g/mol. The second kappa shape index (κ2) is 6.03. The molecule has 1 aliphatic heterocycles. The first-order chi connectivity index (χ1) is 9.76. The third-order valence-corrected chi connectivity index (χ3v) is 5.66. The van der Waals surface area contributed by atoms with E-state index in [-0.39, 0.29) is 5.60 Å². The van der Waals surface area contributed by atoms with Crippen LogP contribution in [0, 0.1) is 0 Å². The predicted octanol–water partition coefficient (Wildman–Crippen LogP) is 2.34. The number of nitrogens with zero attached hydrogens (tertiary/aromatic N) is 3. The topological polar surface area (TPSA) is 66.0 Å². The smallest absolute Gasteiger partial charge is 0.191 e. The van der Waals surface area contributed by atoms with Crippen LogP contribution in [0.25, 0.3) is 0 Å². The van der Waals surface area contributed by atoms with Crippen molar-refractivity contribution in [3.63, 3.8) is 0 Å². The van der Waals surface area contributed by atoms with Crippen LogP contribution in [0.4, 0.5) is 0 Å². The van der Waals surface area contributed by atoms with Crippen molar-refractivity contribution in [3.05, 3.63) is 5.82 Å². The van der Waals surface area contributed by atoms with E-state index in [1.54, 1.807) is 0 Å². The number of ether oxygens (including phenoxy) is 1. The summed E-state index contributed by atoms with van der Waals surface area (Å²) in [5, 5.41) is 10.2. The Labute approximate surface area is 124 Å². The van der Waals surface area contributed by atoms with Gasteiger partial charge >= 0.3 is 0 Å². The van der Waals surface area contributed by atoms with Crippen LogP contribution in [0.5, 0.6) is 0 Å². The van der Waals surface area contributed by atoms with Crippen LogP contribution in [0.3, 0.4) is 0 Å². The first-order valence-electron chi connectivity index (χ1n) is 7.69. The number of nitrogens with two attached hydrogens (primary N) is 1. The molecule has 1 aliphatic carbocycles. The van der Waals surface area contributed by atoms with Crippen LogP contribution in [0.1, 0.15) is 51.3 Å². The third-order valence-electron chi connectivity index (χ3n) is 4.41. The van der Waals surface area contributed by atoms with Crippen molar-refractivity contribution in [2.45, 2.75) is 74.5 Å². The van der Waals surface area contributed by atoms with Crippen molar-refractivity contribution in [2.24, 2.45) is 5.73 Å². The van der Waals surface area contributed by atoms with Crippen molar-refractivity contribution >= 4 is 11.8 Å². The highest BCUT2D eigenvalue weighted by molar-refractivity contribution is 7.99. The maximum atomic E-state index is 6.00. The van der Waals surface area contributed by atoms with E-state index in [0.29, 0.717) is 11.8 Å². The molecule has 1 atom stereocenters. The SMILES string of the molecule is CCCn1c(CN)nnc1SC1CCOC2(CCC2)C1. The molecule has 5 nitrogen and oxygen atoms in total. The van der Waals surface area contributed by atoms with Crippen LogP contribution >= 0.6 is 11.8 Å². The highest BCUT2D eigenvalue weighted by atomic mass is 32.2. The van der Waals surface area contributed by atoms with E-state index in [1.807, 2.05) is 11.8 Å². The molecule has 1 saturated heterocycles. The van der Waals surface area contributed by atoms with Crippen molar-refractivity contribution in [3.8, 4) is 0 Å². The van der Waals surface area contributed by atoms with Gasteiger partial charge in [-0.1, -0.05) is 18.7 Å². The fourth-order valence-corrected chi connectivity index (χ4v) is 4.47. The zero-order chi connectivity index (χ0) is 14.0. The van der Waals surface area contributed by atoms with Gasteiger partial charge in [-0.3, -0.25) is 0 Å². The number of rotatable bonds is 5. The first-order valence-corrected chi connectivity index (χ1v) is 8.57. The van der Waals surface area contributed by atoms with Gasteiger partial charge < -0.3 is 15.0 Å². The van der Waals surface area contributed by atoms with E-state index in [9.17, 15) is 0 Å². The average molecular weight is 296 g/mol. The fourth-order valence-electron chi connectivity index (χ4n) is 3.16. The molecule has 1 unspecified atom stereocenters. The second-order valence-electron chi connectivity index (χ2n) is 5.87. The lowest BCUT2D eigenvalue weighted by Gasteiger charge is -2.46. The summed E-state index contributed by atoms with van der Waals surface area (Å²) in [6.45, 7) is 4.48. The second-order valence-corrected chi connectivity index (χ2v) is 7.14. The summed E-state index contributed by atoms with van der Waals surface area (Å²) in [5.74, 6) is 0.903. The summed E-state index contributed by atoms with van der Waals surface area (Å²) in [5.41, 5.74) is 5.95. The van der Waals surface area contributed by atoms with E-state index in [2.05, 4.69) is 21.7 Å². The predicted molar refractivity (Wildman–Crippen MR) is 79.6 cm³/mol. The van der Waals surface area contributed by atoms with Gasteiger partial charge in [-0.25, -0.2) is 0 Å². The summed E-state index contributed by atoms with van der Waals surface area (Å²) in [4.78, 5) is 0. The minimum Gasteiger partial charge on any atom is -0.375 e. The van der Waals surface area contributed by atoms with E-state index < -0.39 is 0 Å². The zero-order valence-corrected chi connectivity index (χ0v) is 13.0. The van der Waals surface area contributed by atoms with Crippen LogP contribution in [-0.4, -0.2) is 32.2 Å². The maximum Gasteiger partial charge on any atom is 0.191 e. The van der Waals surface area contributed by atoms with Crippen LogP contribution < -0.4 is 5.73 Å². The van der Waals surface area contributed by atoms with Gasteiger partial charge in [0.2, 0.25) is 0 Å². The molecule has 20 heavy (non-hydrogen) atoms. The Morgan fingerprint density at radius 1 is 1.45 bits per heavy atom. The Morgan fingerprint density at radius 3 is 2.95 bits per heavy atom. The average Bonchev–Trinajstić information content (AvgIpc) is 2.80. The Bertz CT molecular complexity index is 458. The summed E-state index contributed by atoms with van der Waals surface area (Å²) < 4.78 is 8.19. The molecule has 6 heteroatoms. The molecule has 2 heterocycles. The lowest BCUT2D eigenvalue weighted by molar-refractivity contribution is -0.125. The maximum absolute atomic E-state index is 6.00.